The largest absolute Gasteiger partial charge is 0.465 e. The lowest BCUT2D eigenvalue weighted by atomic mass is 10.1. The highest BCUT2D eigenvalue weighted by Crippen LogP contribution is 2.18. The van der Waals surface area contributed by atoms with Crippen molar-refractivity contribution in [3.05, 3.63) is 29.3 Å². The van der Waals surface area contributed by atoms with Crippen LogP contribution in [0.3, 0.4) is 0 Å². The summed E-state index contributed by atoms with van der Waals surface area (Å²) in [7, 11) is 0. The number of carbonyl (C=O) groups excluding carboxylic acids is 2. The Bertz CT molecular complexity index is 472. The van der Waals surface area contributed by atoms with Crippen LogP contribution in [0.2, 0.25) is 0 Å². The summed E-state index contributed by atoms with van der Waals surface area (Å²) in [5.74, 6) is -0.666. The maximum Gasteiger partial charge on any atom is 0.325 e. The van der Waals surface area contributed by atoms with Gasteiger partial charge in [0.2, 0.25) is 0 Å². The van der Waals surface area contributed by atoms with Crippen LogP contribution in [0.4, 0.5) is 5.69 Å². The van der Waals surface area contributed by atoms with E-state index in [4.69, 9.17) is 10.5 Å². The van der Waals surface area contributed by atoms with Crippen molar-refractivity contribution >= 4 is 17.6 Å². The molecule has 0 heterocycles. The normalized spacial score (nSPS) is 10.1. The number of anilines is 1. The Balaban J connectivity index is 2.89. The summed E-state index contributed by atoms with van der Waals surface area (Å²) in [4.78, 5) is 25.2. The van der Waals surface area contributed by atoms with Gasteiger partial charge in [-0.05, 0) is 32.4 Å². The summed E-state index contributed by atoms with van der Waals surface area (Å²) in [6, 6.07) is 5.28. The minimum Gasteiger partial charge on any atom is -0.465 e. The number of amides is 1. The number of rotatable bonds is 5. The lowest BCUT2D eigenvalue weighted by molar-refractivity contribution is -0.143. The van der Waals surface area contributed by atoms with Crippen LogP contribution in [-0.2, 0) is 9.53 Å². The van der Waals surface area contributed by atoms with Gasteiger partial charge in [-0.2, -0.15) is 0 Å². The summed E-state index contributed by atoms with van der Waals surface area (Å²) in [5, 5.41) is 0. The topological polar surface area (TPSA) is 72.6 Å². The minimum absolute atomic E-state index is 0.0590. The zero-order chi connectivity index (χ0) is 14.4. The number of nitrogen functional groups attached to an aromatic ring is 1. The number of hydrogen-bond acceptors (Lipinski definition) is 4. The second-order valence-corrected chi connectivity index (χ2v) is 4.16. The third kappa shape index (κ3) is 3.71. The molecule has 5 heteroatoms. The number of nitrogens with zero attached hydrogens (tertiary/aromatic N) is 1. The van der Waals surface area contributed by atoms with Crippen LogP contribution < -0.4 is 5.73 Å². The Morgan fingerprint density at radius 1 is 1.32 bits per heavy atom. The molecule has 1 rings (SSSR count). The molecule has 0 radical (unpaired) electrons. The molecule has 0 aromatic heterocycles. The molecule has 0 saturated heterocycles. The first kappa shape index (κ1) is 15.0. The van der Waals surface area contributed by atoms with Gasteiger partial charge in [-0.15, -0.1) is 0 Å². The summed E-state index contributed by atoms with van der Waals surface area (Å²) < 4.78 is 4.85. The lowest BCUT2D eigenvalue weighted by Gasteiger charge is -2.21. The van der Waals surface area contributed by atoms with Gasteiger partial charge in [-0.1, -0.05) is 12.1 Å². The number of ether oxygens (including phenoxy) is 1. The fourth-order valence-electron chi connectivity index (χ4n) is 1.73. The number of nitrogens with two attached hydrogens (primary N) is 1. The molecule has 0 spiro atoms. The molecule has 1 amide bonds. The van der Waals surface area contributed by atoms with E-state index in [1.54, 1.807) is 19.1 Å². The average Bonchev–Trinajstić information content (AvgIpc) is 2.39. The van der Waals surface area contributed by atoms with Gasteiger partial charge in [-0.3, -0.25) is 9.59 Å². The molecule has 0 aliphatic rings. The molecule has 0 aliphatic carbocycles. The number of aryl methyl sites for hydroxylation is 1. The summed E-state index contributed by atoms with van der Waals surface area (Å²) >= 11 is 0. The summed E-state index contributed by atoms with van der Waals surface area (Å²) in [6.07, 6.45) is 0. The predicted octanol–water partition coefficient (Wildman–Crippen LogP) is 1.60. The number of hydrogen-bond donors (Lipinski definition) is 1. The lowest BCUT2D eigenvalue weighted by Crippen LogP contribution is -2.36. The highest BCUT2D eigenvalue weighted by atomic mass is 16.5. The predicted molar refractivity (Wildman–Crippen MR) is 73.8 cm³/mol. The molecule has 1 aromatic rings. The standard InChI is InChI=1S/C14H20N2O3/c1-4-16(9-12(17)19-5-2)14(18)11-8-6-7-10(3)13(11)15/h6-8H,4-5,9,15H2,1-3H3. The third-order valence-corrected chi connectivity index (χ3v) is 2.85. The van der Waals surface area contributed by atoms with Crippen LogP contribution in [0, 0.1) is 6.92 Å². The first-order chi connectivity index (χ1) is 9.01. The van der Waals surface area contributed by atoms with E-state index < -0.39 is 5.97 Å². The third-order valence-electron chi connectivity index (χ3n) is 2.85. The first-order valence-electron chi connectivity index (χ1n) is 6.31. The fraction of sp³-hybridized carbons (Fsp3) is 0.429. The van der Waals surface area contributed by atoms with Crippen LogP contribution in [0.25, 0.3) is 0 Å². The van der Waals surface area contributed by atoms with Crippen molar-refractivity contribution in [2.45, 2.75) is 20.8 Å². The summed E-state index contributed by atoms with van der Waals surface area (Å²) in [5.41, 5.74) is 7.62. The molecular formula is C14H20N2O3. The Morgan fingerprint density at radius 2 is 2.00 bits per heavy atom. The minimum atomic E-state index is -0.413. The van der Waals surface area contributed by atoms with Crippen LogP contribution in [0.1, 0.15) is 29.8 Å². The quantitative estimate of drug-likeness (QED) is 0.647. The Kier molecular flexibility index (Phi) is 5.36. The molecule has 0 aliphatic heterocycles. The Morgan fingerprint density at radius 3 is 2.58 bits per heavy atom. The van der Waals surface area contributed by atoms with Crippen molar-refractivity contribution in [3.8, 4) is 0 Å². The molecule has 1 aromatic carbocycles. The van der Waals surface area contributed by atoms with E-state index in [2.05, 4.69) is 0 Å². The number of benzene rings is 1. The van der Waals surface area contributed by atoms with E-state index in [9.17, 15) is 9.59 Å². The van der Waals surface area contributed by atoms with Gasteiger partial charge < -0.3 is 15.4 Å². The maximum atomic E-state index is 12.3. The van der Waals surface area contributed by atoms with Crippen molar-refractivity contribution in [2.24, 2.45) is 0 Å². The van der Waals surface area contributed by atoms with Crippen molar-refractivity contribution < 1.29 is 14.3 Å². The Labute approximate surface area is 113 Å². The fourth-order valence-corrected chi connectivity index (χ4v) is 1.73. The van der Waals surface area contributed by atoms with E-state index in [1.807, 2.05) is 19.9 Å². The first-order valence-corrected chi connectivity index (χ1v) is 6.31. The van der Waals surface area contributed by atoms with Gasteiger partial charge >= 0.3 is 5.97 Å². The molecule has 19 heavy (non-hydrogen) atoms. The van der Waals surface area contributed by atoms with Crippen molar-refractivity contribution in [1.82, 2.24) is 4.90 Å². The smallest absolute Gasteiger partial charge is 0.325 e. The second kappa shape index (κ2) is 6.78. The van der Waals surface area contributed by atoms with E-state index in [0.29, 0.717) is 24.4 Å². The average molecular weight is 264 g/mol. The van der Waals surface area contributed by atoms with Crippen molar-refractivity contribution in [1.29, 1.82) is 0 Å². The van der Waals surface area contributed by atoms with Gasteiger partial charge in [0.15, 0.2) is 0 Å². The van der Waals surface area contributed by atoms with Crippen LogP contribution in [0.15, 0.2) is 18.2 Å². The number of likely N-dealkylation sites (N-methyl/N-ethyl adjacent to an activating group) is 1. The molecular weight excluding hydrogens is 244 g/mol. The molecule has 104 valence electrons. The van der Waals surface area contributed by atoms with Crippen molar-refractivity contribution in [2.75, 3.05) is 25.4 Å². The number of para-hydroxylation sites is 1. The monoisotopic (exact) mass is 264 g/mol. The second-order valence-electron chi connectivity index (χ2n) is 4.16. The SMILES string of the molecule is CCOC(=O)CN(CC)C(=O)c1cccc(C)c1N. The van der Waals surface area contributed by atoms with Crippen LogP contribution in [-0.4, -0.2) is 36.5 Å². The van der Waals surface area contributed by atoms with E-state index in [1.165, 1.54) is 4.90 Å². The molecule has 0 bridgehead atoms. The zero-order valence-electron chi connectivity index (χ0n) is 11.6. The van der Waals surface area contributed by atoms with Gasteiger partial charge in [-0.25, -0.2) is 0 Å². The highest BCUT2D eigenvalue weighted by molar-refractivity contribution is 6.00. The van der Waals surface area contributed by atoms with E-state index >= 15 is 0 Å². The van der Waals surface area contributed by atoms with Gasteiger partial charge in [0.05, 0.1) is 12.2 Å². The molecule has 0 atom stereocenters. The molecule has 0 unspecified atom stereocenters. The van der Waals surface area contributed by atoms with Gasteiger partial charge in [0.25, 0.3) is 5.91 Å². The molecule has 0 saturated carbocycles. The van der Waals surface area contributed by atoms with Gasteiger partial charge in [0, 0.05) is 12.2 Å². The van der Waals surface area contributed by atoms with E-state index in [-0.39, 0.29) is 12.5 Å². The molecule has 0 fully saturated rings. The maximum absolute atomic E-state index is 12.3. The zero-order valence-corrected chi connectivity index (χ0v) is 11.6. The molecule has 2 N–H and O–H groups in total. The number of esters is 1. The van der Waals surface area contributed by atoms with Crippen LogP contribution >= 0.6 is 0 Å². The van der Waals surface area contributed by atoms with Gasteiger partial charge in [0.1, 0.15) is 6.54 Å². The molecule has 5 nitrogen and oxygen atoms in total. The summed E-state index contributed by atoms with van der Waals surface area (Å²) in [6.45, 7) is 6.05. The van der Waals surface area contributed by atoms with E-state index in [0.717, 1.165) is 5.56 Å². The Hall–Kier alpha value is -2.04. The van der Waals surface area contributed by atoms with Crippen LogP contribution in [0.5, 0.6) is 0 Å². The van der Waals surface area contributed by atoms with Crippen molar-refractivity contribution in [3.63, 3.8) is 0 Å². The number of carbonyl (C=O) groups is 2. The highest BCUT2D eigenvalue weighted by Gasteiger charge is 2.20.